The maximum Gasteiger partial charge on any atom is 0.104 e. The minimum Gasteiger partial charge on any atom is -0.293 e. The van der Waals surface area contributed by atoms with Crippen LogP contribution in [-0.2, 0) is 0 Å². The molecule has 18 heavy (non-hydrogen) atoms. The predicted octanol–water partition coefficient (Wildman–Crippen LogP) is 4.38. The van der Waals surface area contributed by atoms with Crippen LogP contribution in [0.15, 0.2) is 41.8 Å². The van der Waals surface area contributed by atoms with Gasteiger partial charge in [0.15, 0.2) is 0 Å². The monoisotopic (exact) mass is 367 g/mol. The van der Waals surface area contributed by atoms with Crippen LogP contribution in [0.2, 0.25) is 0 Å². The van der Waals surface area contributed by atoms with Crippen LogP contribution in [-0.4, -0.2) is 0 Å². The highest BCUT2D eigenvalue weighted by Crippen LogP contribution is 2.25. The van der Waals surface area contributed by atoms with E-state index in [1.807, 2.05) is 6.07 Å². The second-order valence-electron chi connectivity index (χ2n) is 4.02. The highest BCUT2D eigenvalue weighted by atomic mass is 127. The molecule has 0 saturated carbocycles. The second-order valence-corrected chi connectivity index (χ2v) is 6.17. The zero-order chi connectivity index (χ0) is 13.0. The molecule has 0 aliphatic rings. The van der Waals surface area contributed by atoms with E-state index < -0.39 is 0 Å². The number of benzene rings is 1. The molecule has 0 fully saturated rings. The minimum absolute atomic E-state index is 0.0176. The standard InChI is InChI=1S/C15H14INS/c1-3-14(15-9-6-10-18-15)17-11(2)12-7-4-5-8-13(12)16/h1,4-11,14,17H,2H3. The number of rotatable bonds is 4. The van der Waals surface area contributed by atoms with Gasteiger partial charge in [-0.3, -0.25) is 5.32 Å². The summed E-state index contributed by atoms with van der Waals surface area (Å²) in [4.78, 5) is 1.19. The number of nitrogens with one attached hydrogen (secondary N) is 1. The van der Waals surface area contributed by atoms with Crippen molar-refractivity contribution in [2.45, 2.75) is 19.0 Å². The number of hydrogen-bond acceptors (Lipinski definition) is 2. The van der Waals surface area contributed by atoms with E-state index in [0.29, 0.717) is 0 Å². The Balaban J connectivity index is 2.14. The van der Waals surface area contributed by atoms with Crippen molar-refractivity contribution >= 4 is 33.9 Å². The Kier molecular flexibility index (Phi) is 4.81. The molecule has 2 rings (SSSR count). The molecule has 1 N–H and O–H groups in total. The lowest BCUT2D eigenvalue weighted by Crippen LogP contribution is -2.23. The third-order valence-corrected chi connectivity index (χ3v) is 4.70. The Labute approximate surface area is 126 Å². The summed E-state index contributed by atoms with van der Waals surface area (Å²) in [6.45, 7) is 2.15. The molecule has 1 heterocycles. The van der Waals surface area contributed by atoms with Gasteiger partial charge < -0.3 is 0 Å². The van der Waals surface area contributed by atoms with E-state index in [2.05, 4.69) is 76.5 Å². The molecule has 1 aromatic heterocycles. The summed E-state index contributed by atoms with van der Waals surface area (Å²) < 4.78 is 1.26. The zero-order valence-electron chi connectivity index (χ0n) is 10.1. The first-order chi connectivity index (χ1) is 8.72. The van der Waals surface area contributed by atoms with E-state index in [1.54, 1.807) is 11.3 Å². The molecule has 1 nitrogen and oxygen atoms in total. The van der Waals surface area contributed by atoms with Crippen molar-refractivity contribution in [1.29, 1.82) is 0 Å². The van der Waals surface area contributed by atoms with Gasteiger partial charge in [-0.1, -0.05) is 30.2 Å². The molecule has 0 spiro atoms. The Morgan fingerprint density at radius 3 is 2.67 bits per heavy atom. The van der Waals surface area contributed by atoms with Crippen molar-refractivity contribution in [2.75, 3.05) is 0 Å². The van der Waals surface area contributed by atoms with Crippen LogP contribution in [0, 0.1) is 15.9 Å². The zero-order valence-corrected chi connectivity index (χ0v) is 13.0. The predicted molar refractivity (Wildman–Crippen MR) is 86.6 cm³/mol. The third-order valence-electron chi connectivity index (χ3n) is 2.78. The molecular formula is C15H14INS. The van der Waals surface area contributed by atoms with Crippen molar-refractivity contribution in [3.05, 3.63) is 55.8 Å². The molecule has 1 aromatic carbocycles. The fourth-order valence-corrected chi connectivity index (χ4v) is 3.43. The minimum atomic E-state index is -0.0176. The van der Waals surface area contributed by atoms with Crippen LogP contribution < -0.4 is 5.32 Å². The fourth-order valence-electron chi connectivity index (χ4n) is 1.83. The Bertz CT molecular complexity index is 542. The SMILES string of the molecule is C#CC(NC(C)c1ccccc1I)c1cccs1. The molecule has 0 saturated heterocycles. The summed E-state index contributed by atoms with van der Waals surface area (Å²) in [5, 5.41) is 5.55. The van der Waals surface area contributed by atoms with E-state index >= 15 is 0 Å². The molecule has 3 heteroatoms. The van der Waals surface area contributed by atoms with Gasteiger partial charge in [0.1, 0.15) is 6.04 Å². The van der Waals surface area contributed by atoms with Crippen molar-refractivity contribution < 1.29 is 0 Å². The van der Waals surface area contributed by atoms with Gasteiger partial charge in [-0.2, -0.15) is 0 Å². The Morgan fingerprint density at radius 1 is 1.28 bits per heavy atom. The largest absolute Gasteiger partial charge is 0.293 e. The summed E-state index contributed by atoms with van der Waals surface area (Å²) in [6, 6.07) is 12.7. The fraction of sp³-hybridized carbons (Fsp3) is 0.200. The summed E-state index contributed by atoms with van der Waals surface area (Å²) in [6.07, 6.45) is 5.62. The molecule has 0 radical (unpaired) electrons. The number of thiophene rings is 1. The molecule has 0 aliphatic carbocycles. The first-order valence-corrected chi connectivity index (χ1v) is 7.68. The number of hydrogen-bond donors (Lipinski definition) is 1. The average molecular weight is 367 g/mol. The molecule has 2 aromatic rings. The lowest BCUT2D eigenvalue weighted by atomic mass is 10.1. The van der Waals surface area contributed by atoms with Gasteiger partial charge >= 0.3 is 0 Å². The van der Waals surface area contributed by atoms with E-state index in [-0.39, 0.29) is 12.1 Å². The van der Waals surface area contributed by atoms with Crippen LogP contribution in [0.1, 0.15) is 29.4 Å². The van der Waals surface area contributed by atoms with E-state index in [1.165, 1.54) is 14.0 Å². The summed E-state index contributed by atoms with van der Waals surface area (Å²) >= 11 is 4.05. The van der Waals surface area contributed by atoms with Crippen molar-refractivity contribution in [1.82, 2.24) is 5.32 Å². The molecule has 0 bridgehead atoms. The number of terminal acetylenes is 1. The molecule has 2 unspecified atom stereocenters. The highest BCUT2D eigenvalue weighted by molar-refractivity contribution is 14.1. The molecule has 0 aliphatic heterocycles. The van der Waals surface area contributed by atoms with E-state index in [0.717, 1.165) is 0 Å². The average Bonchev–Trinajstić information content (AvgIpc) is 2.90. The first-order valence-electron chi connectivity index (χ1n) is 5.72. The maximum absolute atomic E-state index is 5.62. The van der Waals surface area contributed by atoms with E-state index in [9.17, 15) is 0 Å². The van der Waals surface area contributed by atoms with Crippen LogP contribution >= 0.6 is 33.9 Å². The summed E-state index contributed by atoms with van der Waals surface area (Å²) in [5.41, 5.74) is 1.29. The van der Waals surface area contributed by atoms with Gasteiger partial charge in [0.25, 0.3) is 0 Å². The van der Waals surface area contributed by atoms with Gasteiger partial charge in [-0.15, -0.1) is 17.8 Å². The van der Waals surface area contributed by atoms with Gasteiger partial charge in [-0.25, -0.2) is 0 Å². The maximum atomic E-state index is 5.62. The van der Waals surface area contributed by atoms with E-state index in [4.69, 9.17) is 6.42 Å². The van der Waals surface area contributed by atoms with Crippen LogP contribution in [0.5, 0.6) is 0 Å². The topological polar surface area (TPSA) is 12.0 Å². The lowest BCUT2D eigenvalue weighted by molar-refractivity contribution is 0.540. The van der Waals surface area contributed by atoms with Crippen molar-refractivity contribution in [3.63, 3.8) is 0 Å². The van der Waals surface area contributed by atoms with Crippen LogP contribution in [0.25, 0.3) is 0 Å². The normalized spacial score (nSPS) is 13.8. The van der Waals surface area contributed by atoms with Crippen molar-refractivity contribution in [2.24, 2.45) is 0 Å². The van der Waals surface area contributed by atoms with Gasteiger partial charge in [0.05, 0.1) is 0 Å². The molecule has 0 amide bonds. The smallest absolute Gasteiger partial charge is 0.104 e. The Morgan fingerprint density at radius 2 is 2.06 bits per heavy atom. The lowest BCUT2D eigenvalue weighted by Gasteiger charge is -2.20. The van der Waals surface area contributed by atoms with Gasteiger partial charge in [0, 0.05) is 14.5 Å². The quantitative estimate of drug-likeness (QED) is 0.625. The molecule has 2 atom stereocenters. The van der Waals surface area contributed by atoms with Gasteiger partial charge in [-0.05, 0) is 52.6 Å². The second kappa shape index (κ2) is 6.37. The molecule has 92 valence electrons. The van der Waals surface area contributed by atoms with Crippen molar-refractivity contribution in [3.8, 4) is 12.3 Å². The van der Waals surface area contributed by atoms with Crippen LogP contribution in [0.3, 0.4) is 0 Å². The molecular weight excluding hydrogens is 353 g/mol. The highest BCUT2D eigenvalue weighted by Gasteiger charge is 2.15. The summed E-state index contributed by atoms with van der Waals surface area (Å²) in [5.74, 6) is 2.82. The first kappa shape index (κ1) is 13.6. The van der Waals surface area contributed by atoms with Gasteiger partial charge in [0.2, 0.25) is 0 Å². The van der Waals surface area contributed by atoms with Crippen LogP contribution in [0.4, 0.5) is 0 Å². The summed E-state index contributed by atoms with van der Waals surface area (Å²) in [7, 11) is 0. The third kappa shape index (κ3) is 3.14. The number of halogens is 1. The Hall–Kier alpha value is -0.830.